The smallest absolute Gasteiger partial charge is 0.504 e. The molecule has 12 nitrogen and oxygen atoms in total. The molecule has 0 amide bonds. The molecule has 0 saturated carbocycles. The van der Waals surface area contributed by atoms with Crippen molar-refractivity contribution in [3.8, 4) is 0 Å². The molecule has 0 radical (unpaired) electrons. The second kappa shape index (κ2) is 21.1. The minimum atomic E-state index is 0. The second-order valence-corrected chi connectivity index (χ2v) is 19.0. The number of fused-ring (bicyclic) bond motifs is 19. The summed E-state index contributed by atoms with van der Waals surface area (Å²) in [7, 11) is 6.24. The van der Waals surface area contributed by atoms with Crippen molar-refractivity contribution in [3.05, 3.63) is 251 Å². The molecule has 384 valence electrons. The number of benzene rings is 7. The zero-order chi connectivity index (χ0) is 51.6. The van der Waals surface area contributed by atoms with Gasteiger partial charge in [-0.1, -0.05) is 85.2 Å². The van der Waals surface area contributed by atoms with Crippen LogP contribution in [-0.4, -0.2) is 51.8 Å². The maximum absolute atomic E-state index is 4.58. The van der Waals surface area contributed by atoms with Crippen molar-refractivity contribution >= 4 is 116 Å². The average molecular weight is 1380 g/mol. The van der Waals surface area contributed by atoms with Crippen molar-refractivity contribution in [2.45, 2.75) is 0 Å². The van der Waals surface area contributed by atoms with Crippen LogP contribution in [0.5, 0.6) is 0 Å². The van der Waals surface area contributed by atoms with Gasteiger partial charge >= 0.3 is 40.2 Å². The number of para-hydroxylation sites is 7. The van der Waals surface area contributed by atoms with E-state index in [1.54, 1.807) is 12.5 Å². The molecule has 17 rings (SSSR count). The maximum Gasteiger partial charge on any atom is 3.00 e. The van der Waals surface area contributed by atoms with Gasteiger partial charge in [0.2, 0.25) is 0 Å². The molecule has 8 aromatic heterocycles. The van der Waals surface area contributed by atoms with Gasteiger partial charge < -0.3 is 57.3 Å². The fourth-order valence-electron chi connectivity index (χ4n) is 10.9. The number of anilines is 6. The molecule has 0 bridgehead atoms. The normalized spacial score (nSPS) is 12.6. The largest absolute Gasteiger partial charge is 3.00 e. The average Bonchev–Trinajstić information content (AvgIpc) is 4.53. The number of aromatic nitrogens is 8. The van der Waals surface area contributed by atoms with E-state index in [4.69, 9.17) is 0 Å². The first-order valence-corrected chi connectivity index (χ1v) is 25.3. The van der Waals surface area contributed by atoms with Crippen LogP contribution >= 0.6 is 0 Å². The summed E-state index contributed by atoms with van der Waals surface area (Å²) in [6.45, 7) is 4.16. The Labute approximate surface area is 482 Å². The number of nitrogens with zero attached hydrogens (tertiary/aromatic N) is 12. The third kappa shape index (κ3) is 8.70. The molecule has 10 heterocycles. The Balaban J connectivity index is 0.000000106. The molecule has 0 atom stereocenters. The van der Waals surface area contributed by atoms with Gasteiger partial charge in [-0.3, -0.25) is 0 Å². The number of hydrogen-bond acceptors (Lipinski definition) is 8. The van der Waals surface area contributed by atoms with Crippen LogP contribution < -0.4 is 19.6 Å². The topological polar surface area (TPSA) is 82.7 Å². The van der Waals surface area contributed by atoms with Gasteiger partial charge in [0.1, 0.15) is 5.65 Å². The second-order valence-electron chi connectivity index (χ2n) is 19.0. The van der Waals surface area contributed by atoms with E-state index >= 15 is 0 Å². The van der Waals surface area contributed by atoms with E-state index in [9.17, 15) is 0 Å². The van der Waals surface area contributed by atoms with Crippen molar-refractivity contribution in [3.63, 3.8) is 0 Å². The standard InChI is InChI=1S/C21H13N4.C16H9N4.2C14H12N2.2Ir/c1-24-17-7-3-2-5-13(17)15-10-19-16(9-18(15)24)14-6-4-8-23-21(14)20-11-22-12-25(19)20;1-2-5-12-11(4-1)9-19-13-6-3-7-18-15(13)14-8-17-10-20(14)16(12)19;2*1-15-11-16(12-7-3-2-4-8-12)14-10-6-5-9-13(14)15;;/h2-10,12H,1H3;1-7,9-10H;2*2-7,9-11H,1H3;;/q2*-1;2*-2;2*+3. The van der Waals surface area contributed by atoms with Gasteiger partial charge in [-0.05, 0) is 115 Å². The number of pyridine rings is 3. The van der Waals surface area contributed by atoms with E-state index in [1.807, 2.05) is 61.1 Å². The Morgan fingerprint density at radius 3 is 1.58 bits per heavy atom. The molecule has 2 aliphatic heterocycles. The minimum absolute atomic E-state index is 0. The molecule has 7 aromatic carbocycles. The Bertz CT molecular complexity index is 4590. The predicted molar refractivity (Wildman–Crippen MR) is 312 cm³/mol. The molecule has 0 fully saturated rings. The zero-order valence-electron chi connectivity index (χ0n) is 42.9. The summed E-state index contributed by atoms with van der Waals surface area (Å²) in [4.78, 5) is 26.0. The van der Waals surface area contributed by atoms with Gasteiger partial charge in [0.15, 0.2) is 0 Å². The first-order valence-electron chi connectivity index (χ1n) is 25.3. The predicted octanol–water partition coefficient (Wildman–Crippen LogP) is 14.0. The molecular formula is C65H46Ir2N12. The first kappa shape index (κ1) is 50.9. The third-order valence-corrected chi connectivity index (χ3v) is 14.5. The van der Waals surface area contributed by atoms with Crippen molar-refractivity contribution in [1.29, 1.82) is 0 Å². The van der Waals surface area contributed by atoms with Crippen molar-refractivity contribution in [1.82, 2.24) is 37.7 Å². The van der Waals surface area contributed by atoms with E-state index < -0.39 is 0 Å². The summed E-state index contributed by atoms with van der Waals surface area (Å²) in [5.74, 6) is 0. The zero-order valence-corrected chi connectivity index (χ0v) is 47.7. The van der Waals surface area contributed by atoms with Gasteiger partial charge in [-0.15, -0.1) is 11.4 Å². The Morgan fingerprint density at radius 2 is 0.924 bits per heavy atom. The fraction of sp³-hybridized carbons (Fsp3) is 0.0462. The van der Waals surface area contributed by atoms with E-state index in [-0.39, 0.29) is 40.2 Å². The van der Waals surface area contributed by atoms with E-state index in [2.05, 4.69) is 256 Å². The summed E-state index contributed by atoms with van der Waals surface area (Å²) in [6.07, 6.45) is 15.5. The Morgan fingerprint density at radius 1 is 0.418 bits per heavy atom. The number of imidazole rings is 2. The summed E-state index contributed by atoms with van der Waals surface area (Å²) in [5.41, 5.74) is 16.4. The number of rotatable bonds is 2. The number of aryl methyl sites for hydroxylation is 1. The van der Waals surface area contributed by atoms with Gasteiger partial charge in [-0.25, -0.2) is 0 Å². The Kier molecular flexibility index (Phi) is 13.6. The summed E-state index contributed by atoms with van der Waals surface area (Å²) >= 11 is 0. The van der Waals surface area contributed by atoms with Gasteiger partial charge in [0.05, 0.1) is 0 Å². The summed E-state index contributed by atoms with van der Waals surface area (Å²) < 4.78 is 8.58. The third-order valence-electron chi connectivity index (χ3n) is 14.5. The molecule has 0 aliphatic carbocycles. The van der Waals surface area contributed by atoms with Crippen molar-refractivity contribution in [2.24, 2.45) is 7.05 Å². The van der Waals surface area contributed by atoms with Gasteiger partial charge in [-0.2, -0.15) is 74.0 Å². The molecule has 2 aliphatic rings. The number of hydrogen-bond donors (Lipinski definition) is 0. The first-order chi connectivity index (χ1) is 38.0. The molecular weight excluding hydrogens is 1330 g/mol. The van der Waals surface area contributed by atoms with Crippen LogP contribution in [0.4, 0.5) is 34.1 Å². The van der Waals surface area contributed by atoms with Crippen LogP contribution in [0.3, 0.4) is 0 Å². The quantitative estimate of drug-likeness (QED) is 0.125. The Hall–Kier alpha value is -8.90. The molecule has 15 aromatic rings. The minimum Gasteiger partial charge on any atom is -0.504 e. The van der Waals surface area contributed by atoms with Gasteiger partial charge in [0.25, 0.3) is 0 Å². The summed E-state index contributed by atoms with van der Waals surface area (Å²) in [5, 5.41) is 7.25. The van der Waals surface area contributed by atoms with Crippen LogP contribution in [0.25, 0.3) is 82.1 Å². The SMILES string of the molecule is CN1[CH-]N(c2[c-]cccc2)c2ccccc21.CN1[CH-]N(c2[c-]cccc2)c2ccccc21.Cn1c2ccccc2c2cc3c(cc21)c1cccnc1c1[c-]ncn13.[Ir+3].[Ir+3].[c-]1ncn2c1c1ncccc1n1cc3ccccc3c21. The van der Waals surface area contributed by atoms with Gasteiger partial charge in [0, 0.05) is 97.5 Å². The molecule has 0 unspecified atom stereocenters. The molecule has 14 heteroatoms. The van der Waals surface area contributed by atoms with E-state index in [0.29, 0.717) is 0 Å². The van der Waals surface area contributed by atoms with E-state index in [1.165, 1.54) is 60.7 Å². The maximum atomic E-state index is 4.58. The van der Waals surface area contributed by atoms with Crippen LogP contribution in [0.1, 0.15) is 0 Å². The van der Waals surface area contributed by atoms with Crippen LogP contribution in [0.2, 0.25) is 0 Å². The van der Waals surface area contributed by atoms with E-state index in [0.717, 1.165) is 55.5 Å². The molecule has 0 saturated heterocycles. The molecule has 0 spiro atoms. The van der Waals surface area contributed by atoms with Crippen LogP contribution in [0.15, 0.2) is 213 Å². The van der Waals surface area contributed by atoms with Crippen molar-refractivity contribution in [2.75, 3.05) is 33.7 Å². The monoisotopic (exact) mass is 1380 g/mol. The summed E-state index contributed by atoms with van der Waals surface area (Å²) in [6, 6.07) is 68.8. The molecule has 79 heavy (non-hydrogen) atoms. The van der Waals surface area contributed by atoms with Crippen LogP contribution in [0, 0.1) is 37.9 Å². The van der Waals surface area contributed by atoms with Crippen molar-refractivity contribution < 1.29 is 40.2 Å². The van der Waals surface area contributed by atoms with Crippen LogP contribution in [-0.2, 0) is 47.3 Å². The molecule has 0 N–H and O–H groups in total. The fourth-order valence-corrected chi connectivity index (χ4v) is 10.9.